The summed E-state index contributed by atoms with van der Waals surface area (Å²) < 4.78 is 62.5. The molecule has 0 bridgehead atoms. The van der Waals surface area contributed by atoms with E-state index in [1.54, 1.807) is 6.07 Å². The number of benzene rings is 1. The fourth-order valence-electron chi connectivity index (χ4n) is 2.07. The lowest BCUT2D eigenvalue weighted by Crippen LogP contribution is -2.16. The van der Waals surface area contributed by atoms with Crippen LogP contribution in [-0.4, -0.2) is 19.9 Å². The molecule has 12 heteroatoms. The van der Waals surface area contributed by atoms with Crippen LogP contribution in [0.3, 0.4) is 0 Å². The van der Waals surface area contributed by atoms with E-state index in [0.29, 0.717) is 22.6 Å². The maximum Gasteiger partial charge on any atom is 0.451 e. The number of fused-ring (bicyclic) bond motifs is 1. The van der Waals surface area contributed by atoms with E-state index in [4.69, 9.17) is 23.2 Å². The summed E-state index contributed by atoms with van der Waals surface area (Å²) in [5.74, 6) is -1.81. The van der Waals surface area contributed by atoms with Gasteiger partial charge in [-0.25, -0.2) is 15.0 Å². The van der Waals surface area contributed by atoms with Gasteiger partial charge >= 0.3 is 10.1 Å². The highest BCUT2D eigenvalue weighted by atomic mass is 127. The van der Waals surface area contributed by atoms with Crippen LogP contribution in [-0.2, 0) is 10.1 Å². The number of alkyl halides is 6. The Morgan fingerprint density at radius 1 is 0.960 bits per heavy atom. The van der Waals surface area contributed by atoms with Gasteiger partial charge < -0.3 is 4.98 Å². The van der Waals surface area contributed by atoms with Crippen LogP contribution in [0.2, 0.25) is 10.0 Å². The van der Waals surface area contributed by atoms with Gasteiger partial charge in [0.2, 0.25) is 5.82 Å². The Hall–Kier alpha value is -1.27. The Morgan fingerprint density at radius 2 is 1.56 bits per heavy atom. The Balaban J connectivity index is 2.34. The summed E-state index contributed by atoms with van der Waals surface area (Å²) in [6.07, 6.45) is -5.01. The van der Waals surface area contributed by atoms with Crippen LogP contribution in [0.1, 0.15) is 11.5 Å². The monoisotopic (exact) mass is 508 g/mol. The second kappa shape index (κ2) is 6.16. The van der Waals surface area contributed by atoms with E-state index in [1.165, 1.54) is 12.1 Å². The van der Waals surface area contributed by atoms with E-state index in [0.717, 1.165) is 0 Å². The molecule has 132 valence electrons. The summed E-state index contributed by atoms with van der Waals surface area (Å²) in [4.78, 5) is 12.5. The molecule has 0 radical (unpaired) electrons. The van der Waals surface area contributed by atoms with Crippen LogP contribution in [0, 0.1) is 0 Å². The Labute approximate surface area is 159 Å². The number of hydrogen-bond acceptors (Lipinski definition) is 3. The summed E-state index contributed by atoms with van der Waals surface area (Å²) >= 11 is 12.7. The van der Waals surface area contributed by atoms with Gasteiger partial charge in [0.1, 0.15) is 17.0 Å². The standard InChI is InChI=1S/C13H4Cl2F5IN4/c14-4-2-1-3-5(15)6(4)9-22-7-8(13(19,20)21)23-11(12(16,17)18)25-10(7)24-9/h1-3H,(H,22,23,24,25). The first kappa shape index (κ1) is 18.5. The van der Waals surface area contributed by atoms with Crippen molar-refractivity contribution in [1.29, 1.82) is 0 Å². The van der Waals surface area contributed by atoms with Gasteiger partial charge in [-0.1, -0.05) is 29.3 Å². The fraction of sp³-hybridized carbons (Fsp3) is 0.154. The molecule has 4 nitrogen and oxygen atoms in total. The second-order valence-corrected chi connectivity index (χ2v) is 6.94. The number of rotatable bonds is 2. The molecule has 0 unspecified atom stereocenters. The van der Waals surface area contributed by atoms with Gasteiger partial charge in [0.15, 0.2) is 5.65 Å². The Kier molecular flexibility index (Phi) is 4.57. The fourth-order valence-corrected chi connectivity index (χ4v) is 3.04. The van der Waals surface area contributed by atoms with Crippen molar-refractivity contribution in [2.75, 3.05) is 0 Å². The molecule has 1 N–H and O–H groups in total. The zero-order valence-corrected chi connectivity index (χ0v) is 15.3. The molecule has 3 aromatic rings. The molecule has 0 amide bonds. The second-order valence-electron chi connectivity index (χ2n) is 4.77. The first-order chi connectivity index (χ1) is 11.5. The maximum absolute atomic E-state index is 13.8. The maximum atomic E-state index is 13.8. The van der Waals surface area contributed by atoms with Crippen molar-refractivity contribution >= 4 is 57.0 Å². The van der Waals surface area contributed by atoms with Crippen LogP contribution in [0.5, 0.6) is 0 Å². The minimum atomic E-state index is -5.01. The van der Waals surface area contributed by atoms with Crippen LogP contribution in [0.4, 0.5) is 22.0 Å². The zero-order chi connectivity index (χ0) is 18.6. The molecule has 2 heterocycles. The van der Waals surface area contributed by atoms with Gasteiger partial charge in [0.05, 0.1) is 15.6 Å². The molecule has 0 saturated heterocycles. The number of aromatic nitrogens is 4. The highest BCUT2D eigenvalue weighted by Crippen LogP contribution is 2.40. The molecule has 0 fully saturated rings. The van der Waals surface area contributed by atoms with Gasteiger partial charge in [-0.3, -0.25) is 0 Å². The minimum absolute atomic E-state index is 0.0962. The van der Waals surface area contributed by atoms with Crippen LogP contribution in [0.15, 0.2) is 18.2 Å². The van der Waals surface area contributed by atoms with Crippen LogP contribution in [0.25, 0.3) is 22.6 Å². The van der Waals surface area contributed by atoms with Crippen molar-refractivity contribution in [3.63, 3.8) is 0 Å². The molecule has 0 saturated carbocycles. The van der Waals surface area contributed by atoms with E-state index < -0.39 is 32.8 Å². The molecule has 0 spiro atoms. The first-order valence-corrected chi connectivity index (χ1v) is 8.18. The molecule has 25 heavy (non-hydrogen) atoms. The molecule has 0 aliphatic carbocycles. The third kappa shape index (κ3) is 3.51. The van der Waals surface area contributed by atoms with Crippen molar-refractivity contribution in [3.8, 4) is 11.4 Å². The van der Waals surface area contributed by atoms with Crippen LogP contribution < -0.4 is 0 Å². The third-order valence-corrected chi connectivity index (χ3v) is 4.21. The molecular formula is C13H4Cl2F5IN4. The highest BCUT2D eigenvalue weighted by molar-refractivity contribution is 14.1. The van der Waals surface area contributed by atoms with Gasteiger partial charge in [0, 0.05) is 22.6 Å². The first-order valence-electron chi connectivity index (χ1n) is 6.35. The lowest BCUT2D eigenvalue weighted by Gasteiger charge is -2.11. The van der Waals surface area contributed by atoms with E-state index in [9.17, 15) is 22.0 Å². The van der Waals surface area contributed by atoms with E-state index >= 15 is 0 Å². The lowest BCUT2D eigenvalue weighted by atomic mass is 10.2. The molecule has 1 aromatic carbocycles. The third-order valence-electron chi connectivity index (χ3n) is 3.07. The van der Waals surface area contributed by atoms with Gasteiger partial charge in [-0.05, 0) is 12.1 Å². The summed E-state index contributed by atoms with van der Waals surface area (Å²) in [6.45, 7) is 0. The number of nitrogens with one attached hydrogen (secondary N) is 1. The largest absolute Gasteiger partial charge is 0.451 e. The number of hydrogen-bond donors (Lipinski definition) is 1. The number of nitrogens with zero attached hydrogens (tertiary/aromatic N) is 3. The van der Waals surface area contributed by atoms with Crippen molar-refractivity contribution < 1.29 is 22.0 Å². The molecule has 3 rings (SSSR count). The quantitative estimate of drug-likeness (QED) is 0.269. The Bertz CT molecular complexity index is 947. The summed E-state index contributed by atoms with van der Waals surface area (Å²) in [6, 6.07) is 4.48. The molecule has 0 aliphatic rings. The van der Waals surface area contributed by atoms with Crippen molar-refractivity contribution in [3.05, 3.63) is 39.8 Å². The predicted octanol–water partition coefficient (Wildman–Crippen LogP) is 5.83. The SMILES string of the molecule is FC(F)(F)c1nc(C(F)(F)I)c2[nH]c(-c3c(Cl)cccc3Cl)nc2n1. The van der Waals surface area contributed by atoms with Crippen molar-refractivity contribution in [2.45, 2.75) is 10.1 Å². The lowest BCUT2D eigenvalue weighted by molar-refractivity contribution is -0.145. The summed E-state index contributed by atoms with van der Waals surface area (Å²) in [5, 5.41) is 0.275. The number of imidazole rings is 1. The normalized spacial score (nSPS) is 12.8. The Morgan fingerprint density at radius 3 is 2.08 bits per heavy atom. The van der Waals surface area contributed by atoms with Crippen molar-refractivity contribution in [1.82, 2.24) is 19.9 Å². The van der Waals surface area contributed by atoms with E-state index in [2.05, 4.69) is 19.9 Å². The van der Waals surface area contributed by atoms with Crippen LogP contribution >= 0.6 is 45.8 Å². The number of aromatic amines is 1. The summed E-state index contributed by atoms with van der Waals surface area (Å²) in [7, 11) is 0. The predicted molar refractivity (Wildman–Crippen MR) is 90.1 cm³/mol. The van der Waals surface area contributed by atoms with Gasteiger partial charge in [-0.2, -0.15) is 22.0 Å². The van der Waals surface area contributed by atoms with E-state index in [1.807, 2.05) is 0 Å². The summed E-state index contributed by atoms with van der Waals surface area (Å²) in [5.41, 5.74) is -1.98. The van der Waals surface area contributed by atoms with Gasteiger partial charge in [0.25, 0.3) is 0 Å². The topological polar surface area (TPSA) is 54.5 Å². The smallest absolute Gasteiger partial charge is 0.335 e. The number of halogens is 8. The average Bonchev–Trinajstić information content (AvgIpc) is 2.87. The minimum Gasteiger partial charge on any atom is -0.335 e. The average molecular weight is 509 g/mol. The molecule has 0 atom stereocenters. The molecule has 2 aromatic heterocycles. The highest BCUT2D eigenvalue weighted by Gasteiger charge is 2.40. The number of H-pyrrole nitrogens is 1. The van der Waals surface area contributed by atoms with E-state index in [-0.39, 0.29) is 21.4 Å². The van der Waals surface area contributed by atoms with Gasteiger partial charge in [-0.15, -0.1) is 0 Å². The zero-order valence-electron chi connectivity index (χ0n) is 11.6. The molecule has 0 aliphatic heterocycles. The van der Waals surface area contributed by atoms with Crippen molar-refractivity contribution in [2.24, 2.45) is 0 Å². The molecular weight excluding hydrogens is 505 g/mol.